The summed E-state index contributed by atoms with van der Waals surface area (Å²) in [4.78, 5) is 85.9. The number of amides is 4. The summed E-state index contributed by atoms with van der Waals surface area (Å²) in [6.45, 7) is 0. The van der Waals surface area contributed by atoms with Gasteiger partial charge in [0.25, 0.3) is 0 Å². The molecule has 4 aliphatic rings. The van der Waals surface area contributed by atoms with Gasteiger partial charge in [-0.15, -0.1) is 0 Å². The summed E-state index contributed by atoms with van der Waals surface area (Å²) in [6.07, 6.45) is 2.46. The maximum Gasteiger partial charge on any atom is 0.238 e. The SMILES string of the molecule is O=C(c1ccccc1)c1ccc(N2C(=O)[C@H]3[C@H](CC=C4[C@H]3C[C@H]3C(=O)N(c5ccc(C(=O)c6ccccc6)cc5)C(=O)[C@H]3[C@H]4c3ccc(O)cc3)C2=O)cc1. The first-order chi connectivity index (χ1) is 26.7. The number of benzene rings is 5. The minimum atomic E-state index is -0.780. The summed E-state index contributed by atoms with van der Waals surface area (Å²) in [7, 11) is 0. The first-order valence-electron chi connectivity index (χ1n) is 18.4. The van der Waals surface area contributed by atoms with E-state index in [1.807, 2.05) is 18.2 Å². The second kappa shape index (κ2) is 13.3. The van der Waals surface area contributed by atoms with Crippen LogP contribution in [0.2, 0.25) is 0 Å². The highest BCUT2D eigenvalue weighted by molar-refractivity contribution is 6.24. The van der Waals surface area contributed by atoms with Crippen LogP contribution in [0.3, 0.4) is 0 Å². The average molecular weight is 727 g/mol. The summed E-state index contributed by atoms with van der Waals surface area (Å²) < 4.78 is 0. The lowest BCUT2D eigenvalue weighted by Gasteiger charge is -2.44. The molecule has 0 bridgehead atoms. The zero-order chi connectivity index (χ0) is 38.0. The van der Waals surface area contributed by atoms with Gasteiger partial charge in [0.2, 0.25) is 23.6 Å². The highest BCUT2D eigenvalue weighted by Crippen LogP contribution is 2.58. The number of ketones is 2. The van der Waals surface area contributed by atoms with Gasteiger partial charge in [-0.3, -0.25) is 38.6 Å². The lowest BCUT2D eigenvalue weighted by molar-refractivity contribution is -0.126. The number of imide groups is 2. The molecule has 5 aromatic carbocycles. The molecule has 2 aliphatic carbocycles. The molecule has 1 N–H and O–H groups in total. The van der Waals surface area contributed by atoms with Crippen molar-refractivity contribution in [2.45, 2.75) is 18.8 Å². The highest BCUT2D eigenvalue weighted by Gasteiger charge is 2.62. The van der Waals surface area contributed by atoms with Gasteiger partial charge < -0.3 is 5.11 Å². The Hall–Kier alpha value is -6.74. The smallest absolute Gasteiger partial charge is 0.238 e. The minimum Gasteiger partial charge on any atom is -0.508 e. The third kappa shape index (κ3) is 5.53. The summed E-state index contributed by atoms with van der Waals surface area (Å²) in [5.74, 6) is -5.82. The molecule has 0 radical (unpaired) electrons. The Labute approximate surface area is 316 Å². The molecule has 55 heavy (non-hydrogen) atoms. The van der Waals surface area contributed by atoms with E-state index in [0.29, 0.717) is 33.6 Å². The molecule has 3 fully saturated rings. The van der Waals surface area contributed by atoms with Crippen molar-refractivity contribution in [1.29, 1.82) is 0 Å². The zero-order valence-corrected chi connectivity index (χ0v) is 29.4. The summed E-state index contributed by atoms with van der Waals surface area (Å²) in [5.41, 5.74) is 4.18. The van der Waals surface area contributed by atoms with Gasteiger partial charge in [0.1, 0.15) is 5.75 Å². The van der Waals surface area contributed by atoms with Crippen LogP contribution in [0.1, 0.15) is 56.2 Å². The van der Waals surface area contributed by atoms with Gasteiger partial charge in [0.05, 0.1) is 35.0 Å². The molecule has 5 aromatic rings. The van der Waals surface area contributed by atoms with Crippen molar-refractivity contribution in [3.63, 3.8) is 0 Å². The monoisotopic (exact) mass is 726 g/mol. The summed E-state index contributed by atoms with van der Waals surface area (Å²) in [6, 6.07) is 37.2. The maximum atomic E-state index is 14.5. The van der Waals surface area contributed by atoms with Crippen molar-refractivity contribution in [2.24, 2.45) is 29.6 Å². The molecule has 2 heterocycles. The van der Waals surface area contributed by atoms with Crippen molar-refractivity contribution in [3.05, 3.63) is 173 Å². The molecule has 0 unspecified atom stereocenters. The van der Waals surface area contributed by atoms with Crippen LogP contribution in [0.25, 0.3) is 0 Å². The van der Waals surface area contributed by atoms with E-state index in [1.54, 1.807) is 121 Å². The zero-order valence-electron chi connectivity index (χ0n) is 29.4. The van der Waals surface area contributed by atoms with Crippen molar-refractivity contribution in [1.82, 2.24) is 0 Å². The largest absolute Gasteiger partial charge is 0.508 e. The Morgan fingerprint density at radius 1 is 0.491 bits per heavy atom. The molecule has 0 aromatic heterocycles. The van der Waals surface area contributed by atoms with Crippen LogP contribution < -0.4 is 9.80 Å². The number of fused-ring (bicyclic) bond motifs is 4. The van der Waals surface area contributed by atoms with E-state index < -0.39 is 41.4 Å². The van der Waals surface area contributed by atoms with Gasteiger partial charge in [-0.1, -0.05) is 84.4 Å². The number of carbonyl (C=O) groups excluding carboxylic acids is 6. The van der Waals surface area contributed by atoms with E-state index in [4.69, 9.17) is 0 Å². The van der Waals surface area contributed by atoms with Gasteiger partial charge in [0, 0.05) is 28.2 Å². The normalized spacial score (nSPS) is 24.3. The number of allylic oxidation sites excluding steroid dienone is 2. The fraction of sp³-hybridized carbons (Fsp3) is 0.174. The Balaban J connectivity index is 1.04. The van der Waals surface area contributed by atoms with Gasteiger partial charge in [-0.25, -0.2) is 0 Å². The van der Waals surface area contributed by atoms with Crippen LogP contribution in [-0.4, -0.2) is 40.3 Å². The number of nitrogens with zero attached hydrogens (tertiary/aromatic N) is 2. The number of rotatable bonds is 7. The molecular weight excluding hydrogens is 693 g/mol. The Bertz CT molecular complexity index is 2420. The number of aromatic hydroxyl groups is 1. The third-order valence-electron chi connectivity index (χ3n) is 11.7. The topological polar surface area (TPSA) is 129 Å². The van der Waals surface area contributed by atoms with Gasteiger partial charge in [-0.05, 0) is 85.0 Å². The third-order valence-corrected chi connectivity index (χ3v) is 11.7. The van der Waals surface area contributed by atoms with E-state index in [2.05, 4.69) is 0 Å². The average Bonchev–Trinajstić information content (AvgIpc) is 3.64. The Morgan fingerprint density at radius 3 is 1.45 bits per heavy atom. The second-order valence-corrected chi connectivity index (χ2v) is 14.6. The molecule has 270 valence electrons. The van der Waals surface area contributed by atoms with Crippen LogP contribution in [-0.2, 0) is 19.2 Å². The first kappa shape index (κ1) is 34.1. The maximum absolute atomic E-state index is 14.5. The number of phenols is 1. The molecule has 2 saturated heterocycles. The van der Waals surface area contributed by atoms with Crippen LogP contribution in [0.5, 0.6) is 5.75 Å². The highest BCUT2D eigenvalue weighted by atomic mass is 16.3. The van der Waals surface area contributed by atoms with Crippen molar-refractivity contribution < 1.29 is 33.9 Å². The summed E-state index contributed by atoms with van der Waals surface area (Å²) >= 11 is 0. The molecule has 9 nitrogen and oxygen atoms in total. The van der Waals surface area contributed by atoms with Crippen molar-refractivity contribution in [2.75, 3.05) is 9.80 Å². The van der Waals surface area contributed by atoms with Crippen LogP contribution in [0.4, 0.5) is 11.4 Å². The molecule has 1 saturated carbocycles. The van der Waals surface area contributed by atoms with Gasteiger partial charge in [0.15, 0.2) is 11.6 Å². The predicted octanol–water partition coefficient (Wildman–Crippen LogP) is 6.90. The van der Waals surface area contributed by atoms with E-state index in [9.17, 15) is 33.9 Å². The van der Waals surface area contributed by atoms with Crippen molar-refractivity contribution >= 4 is 46.6 Å². The molecule has 2 aliphatic heterocycles. The Kier molecular flexibility index (Phi) is 8.22. The molecular formula is C46H34N2O7. The molecule has 4 amide bonds. The van der Waals surface area contributed by atoms with E-state index in [0.717, 1.165) is 11.1 Å². The van der Waals surface area contributed by atoms with Crippen LogP contribution in [0, 0.1) is 29.6 Å². The summed E-state index contributed by atoms with van der Waals surface area (Å²) in [5, 5.41) is 10.1. The lowest BCUT2D eigenvalue weighted by Crippen LogP contribution is -2.43. The standard InChI is InChI=1S/C46H34N2O7/c49-33-21-15-26(16-22-33)38-34-23-24-35-39(45(54)47(43(35)52)31-17-11-29(12-18-31)41(50)27-7-3-1-4-8-27)36(34)25-37-40(38)46(55)48(44(37)53)32-19-13-30(14-20-32)42(51)28-9-5-2-6-10-28/h1-23,35-40,49H,24-25H2/t35-,36+,37+,38-,39-,40+/m0/s1. The molecule has 0 spiro atoms. The number of carbonyl (C=O) groups is 6. The van der Waals surface area contributed by atoms with E-state index in [-0.39, 0.29) is 47.9 Å². The predicted molar refractivity (Wildman–Crippen MR) is 203 cm³/mol. The number of phenolic OH excluding ortho intramolecular Hbond substituents is 1. The number of hydrogen-bond acceptors (Lipinski definition) is 7. The van der Waals surface area contributed by atoms with Gasteiger partial charge >= 0.3 is 0 Å². The van der Waals surface area contributed by atoms with E-state index >= 15 is 0 Å². The first-order valence-corrected chi connectivity index (χ1v) is 18.4. The molecule has 6 atom stereocenters. The number of anilines is 2. The lowest BCUT2D eigenvalue weighted by atomic mass is 9.57. The fourth-order valence-corrected chi connectivity index (χ4v) is 9.19. The Morgan fingerprint density at radius 2 is 0.945 bits per heavy atom. The fourth-order valence-electron chi connectivity index (χ4n) is 9.19. The number of hydrogen-bond donors (Lipinski definition) is 1. The van der Waals surface area contributed by atoms with E-state index in [1.165, 1.54) is 9.80 Å². The van der Waals surface area contributed by atoms with Crippen molar-refractivity contribution in [3.8, 4) is 5.75 Å². The second-order valence-electron chi connectivity index (χ2n) is 14.6. The molecule has 9 rings (SSSR count). The van der Waals surface area contributed by atoms with Crippen LogP contribution in [0.15, 0.2) is 145 Å². The quantitative estimate of drug-likeness (QED) is 0.110. The van der Waals surface area contributed by atoms with Crippen LogP contribution >= 0.6 is 0 Å². The molecule has 9 heteroatoms. The minimum absolute atomic E-state index is 0.0506. The van der Waals surface area contributed by atoms with Gasteiger partial charge in [-0.2, -0.15) is 0 Å².